The number of anilines is 1. The maximum absolute atomic E-state index is 6.02. The molecular weight excluding hydrogens is 234 g/mol. The molecule has 1 aromatic rings. The third kappa shape index (κ3) is 2.81. The summed E-state index contributed by atoms with van der Waals surface area (Å²) in [6.07, 6.45) is 2.16. The minimum absolute atomic E-state index is 0.366. The molecule has 0 spiro atoms. The van der Waals surface area contributed by atoms with E-state index in [0.29, 0.717) is 6.04 Å². The van der Waals surface area contributed by atoms with Gasteiger partial charge in [-0.05, 0) is 44.7 Å². The predicted molar refractivity (Wildman–Crippen MR) is 83.5 cm³/mol. The van der Waals surface area contributed by atoms with Gasteiger partial charge in [0.05, 0.1) is 0 Å². The van der Waals surface area contributed by atoms with Crippen LogP contribution in [0.3, 0.4) is 0 Å². The molecule has 1 aromatic carbocycles. The zero-order valence-corrected chi connectivity index (χ0v) is 12.5. The predicted octanol–water partition coefficient (Wildman–Crippen LogP) is 2.67. The van der Waals surface area contributed by atoms with Gasteiger partial charge in [0.15, 0.2) is 0 Å². The Kier molecular flexibility index (Phi) is 4.25. The fourth-order valence-electron chi connectivity index (χ4n) is 2.90. The van der Waals surface area contributed by atoms with E-state index in [1.807, 2.05) is 7.05 Å². The standard InChI is InChI=1S/C16H25N3/c1-11-5-6-12(2)16(15(11)13(3)18-4)19-9-7-14(17)8-10-19/h5-6,14H,7-10,17H2,1-4H3. The van der Waals surface area contributed by atoms with Crippen LogP contribution < -0.4 is 10.6 Å². The van der Waals surface area contributed by atoms with Crippen molar-refractivity contribution in [3.63, 3.8) is 0 Å². The summed E-state index contributed by atoms with van der Waals surface area (Å²) in [7, 11) is 1.87. The second kappa shape index (κ2) is 5.74. The number of aryl methyl sites for hydroxylation is 2. The maximum Gasteiger partial charge on any atom is 0.0490 e. The van der Waals surface area contributed by atoms with Gasteiger partial charge in [0.2, 0.25) is 0 Å². The summed E-state index contributed by atoms with van der Waals surface area (Å²) in [4.78, 5) is 6.88. The average molecular weight is 259 g/mol. The highest BCUT2D eigenvalue weighted by Crippen LogP contribution is 2.30. The van der Waals surface area contributed by atoms with Gasteiger partial charge in [-0.3, -0.25) is 4.99 Å². The number of benzene rings is 1. The first-order valence-corrected chi connectivity index (χ1v) is 7.09. The SMILES string of the molecule is CN=C(C)c1c(C)ccc(C)c1N1CCC(N)CC1. The quantitative estimate of drug-likeness (QED) is 0.830. The van der Waals surface area contributed by atoms with Crippen molar-refractivity contribution in [3.05, 3.63) is 28.8 Å². The molecule has 3 nitrogen and oxygen atoms in total. The molecule has 1 saturated heterocycles. The lowest BCUT2D eigenvalue weighted by molar-refractivity contribution is 0.500. The molecule has 1 aliphatic rings. The second-order valence-corrected chi connectivity index (χ2v) is 5.56. The Labute approximate surface area is 116 Å². The number of rotatable bonds is 2. The minimum atomic E-state index is 0.366. The third-order valence-corrected chi connectivity index (χ3v) is 4.14. The van der Waals surface area contributed by atoms with E-state index in [0.717, 1.165) is 31.6 Å². The van der Waals surface area contributed by atoms with E-state index in [4.69, 9.17) is 5.73 Å². The number of nitrogens with zero attached hydrogens (tertiary/aromatic N) is 2. The lowest BCUT2D eigenvalue weighted by atomic mass is 9.95. The molecule has 104 valence electrons. The molecule has 0 bridgehead atoms. The summed E-state index contributed by atoms with van der Waals surface area (Å²) >= 11 is 0. The van der Waals surface area contributed by atoms with Crippen LogP contribution in [0.15, 0.2) is 17.1 Å². The molecule has 1 aliphatic heterocycles. The number of piperidine rings is 1. The Hall–Kier alpha value is -1.35. The number of aliphatic imine (C=N–C) groups is 1. The summed E-state index contributed by atoms with van der Waals surface area (Å²) in [5, 5.41) is 0. The molecule has 2 rings (SSSR count). The number of hydrogen-bond donors (Lipinski definition) is 1. The van der Waals surface area contributed by atoms with Crippen molar-refractivity contribution < 1.29 is 0 Å². The van der Waals surface area contributed by atoms with Crippen LogP contribution in [0.2, 0.25) is 0 Å². The summed E-state index contributed by atoms with van der Waals surface area (Å²) in [5.41, 5.74) is 12.4. The molecule has 3 heteroatoms. The number of nitrogens with two attached hydrogens (primary N) is 1. The van der Waals surface area contributed by atoms with Gasteiger partial charge in [-0.2, -0.15) is 0 Å². The van der Waals surface area contributed by atoms with E-state index in [1.54, 1.807) is 0 Å². The van der Waals surface area contributed by atoms with Crippen molar-refractivity contribution in [1.29, 1.82) is 0 Å². The lowest BCUT2D eigenvalue weighted by Gasteiger charge is -2.35. The summed E-state index contributed by atoms with van der Waals surface area (Å²) in [5.74, 6) is 0. The molecule has 19 heavy (non-hydrogen) atoms. The second-order valence-electron chi connectivity index (χ2n) is 5.56. The first-order valence-electron chi connectivity index (χ1n) is 7.09. The zero-order chi connectivity index (χ0) is 14.0. The monoisotopic (exact) mass is 259 g/mol. The summed E-state index contributed by atoms with van der Waals surface area (Å²) < 4.78 is 0. The molecule has 1 fully saturated rings. The highest BCUT2D eigenvalue weighted by atomic mass is 15.1. The van der Waals surface area contributed by atoms with Gasteiger partial charge in [0.25, 0.3) is 0 Å². The first kappa shape index (κ1) is 14.1. The van der Waals surface area contributed by atoms with Crippen LogP contribution in [-0.2, 0) is 0 Å². The van der Waals surface area contributed by atoms with E-state index < -0.39 is 0 Å². The summed E-state index contributed by atoms with van der Waals surface area (Å²) in [6, 6.07) is 4.77. The maximum atomic E-state index is 6.02. The van der Waals surface area contributed by atoms with E-state index in [2.05, 4.69) is 42.8 Å². The first-order chi connectivity index (χ1) is 9.04. The molecule has 0 radical (unpaired) electrons. The molecule has 0 saturated carbocycles. The van der Waals surface area contributed by atoms with Gasteiger partial charge in [0.1, 0.15) is 0 Å². The Morgan fingerprint density at radius 3 is 2.37 bits per heavy atom. The van der Waals surface area contributed by atoms with Gasteiger partial charge < -0.3 is 10.6 Å². The average Bonchev–Trinajstić information content (AvgIpc) is 2.41. The van der Waals surface area contributed by atoms with Crippen molar-refractivity contribution in [3.8, 4) is 0 Å². The fourth-order valence-corrected chi connectivity index (χ4v) is 2.90. The van der Waals surface area contributed by atoms with Crippen molar-refractivity contribution in [2.45, 2.75) is 39.7 Å². The van der Waals surface area contributed by atoms with Gasteiger partial charge in [-0.15, -0.1) is 0 Å². The van der Waals surface area contributed by atoms with Crippen LogP contribution in [-0.4, -0.2) is 31.9 Å². The molecule has 1 heterocycles. The molecule has 0 aromatic heterocycles. The lowest BCUT2D eigenvalue weighted by Crippen LogP contribution is -2.40. The van der Waals surface area contributed by atoms with Crippen molar-refractivity contribution in [2.75, 3.05) is 25.0 Å². The van der Waals surface area contributed by atoms with Crippen LogP contribution in [0.4, 0.5) is 5.69 Å². The van der Waals surface area contributed by atoms with E-state index in [1.165, 1.54) is 22.4 Å². The van der Waals surface area contributed by atoms with Crippen LogP contribution in [0.1, 0.15) is 36.5 Å². The van der Waals surface area contributed by atoms with Crippen LogP contribution in [0.5, 0.6) is 0 Å². The smallest absolute Gasteiger partial charge is 0.0490 e. The molecule has 2 N–H and O–H groups in total. The van der Waals surface area contributed by atoms with Crippen LogP contribution in [0.25, 0.3) is 0 Å². The van der Waals surface area contributed by atoms with Crippen LogP contribution in [0, 0.1) is 13.8 Å². The van der Waals surface area contributed by atoms with Gasteiger partial charge in [0, 0.05) is 43.1 Å². The Morgan fingerprint density at radius 2 is 1.79 bits per heavy atom. The van der Waals surface area contributed by atoms with Gasteiger partial charge in [-0.1, -0.05) is 12.1 Å². The summed E-state index contributed by atoms with van der Waals surface area (Å²) in [6.45, 7) is 8.56. The topological polar surface area (TPSA) is 41.6 Å². The minimum Gasteiger partial charge on any atom is -0.371 e. The Bertz CT molecular complexity index is 483. The van der Waals surface area contributed by atoms with E-state index in [9.17, 15) is 0 Å². The van der Waals surface area contributed by atoms with Gasteiger partial charge in [-0.25, -0.2) is 0 Å². The van der Waals surface area contributed by atoms with E-state index in [-0.39, 0.29) is 0 Å². The normalized spacial score (nSPS) is 17.9. The highest BCUT2D eigenvalue weighted by molar-refractivity contribution is 6.05. The third-order valence-electron chi connectivity index (χ3n) is 4.14. The van der Waals surface area contributed by atoms with Crippen LogP contribution >= 0.6 is 0 Å². The molecule has 0 aliphatic carbocycles. The van der Waals surface area contributed by atoms with Crippen molar-refractivity contribution >= 4 is 11.4 Å². The zero-order valence-electron chi connectivity index (χ0n) is 12.5. The molecule has 0 atom stereocenters. The van der Waals surface area contributed by atoms with Crippen molar-refractivity contribution in [1.82, 2.24) is 0 Å². The Morgan fingerprint density at radius 1 is 1.21 bits per heavy atom. The number of hydrogen-bond acceptors (Lipinski definition) is 3. The highest BCUT2D eigenvalue weighted by Gasteiger charge is 2.21. The molecular formula is C16H25N3. The fraction of sp³-hybridized carbons (Fsp3) is 0.562. The van der Waals surface area contributed by atoms with Crippen molar-refractivity contribution in [2.24, 2.45) is 10.7 Å². The van der Waals surface area contributed by atoms with E-state index >= 15 is 0 Å². The molecule has 0 unspecified atom stereocenters. The van der Waals surface area contributed by atoms with Gasteiger partial charge >= 0.3 is 0 Å². The largest absolute Gasteiger partial charge is 0.371 e. The Balaban J connectivity index is 2.46. The molecule has 0 amide bonds.